The third-order valence-corrected chi connectivity index (χ3v) is 17.7. The number of phosphoric ester groups is 2. The van der Waals surface area contributed by atoms with Gasteiger partial charge in [-0.05, 0) is 83.5 Å². The van der Waals surface area contributed by atoms with Gasteiger partial charge in [-0.1, -0.05) is 275 Å². The molecule has 0 heterocycles. The van der Waals surface area contributed by atoms with E-state index in [9.17, 15) is 43.2 Å². The molecule has 0 fully saturated rings. The predicted octanol–water partition coefficient (Wildman–Crippen LogP) is 20.6. The number of esters is 4. The molecule has 0 saturated heterocycles. The molecule has 5 atom stereocenters. The van der Waals surface area contributed by atoms with E-state index in [2.05, 4.69) is 76.3 Å². The Labute approximate surface area is 559 Å². The van der Waals surface area contributed by atoms with Crippen molar-refractivity contribution in [1.82, 2.24) is 0 Å². The maximum atomic E-state index is 13.0. The van der Waals surface area contributed by atoms with Crippen LogP contribution in [0.5, 0.6) is 0 Å². The minimum absolute atomic E-state index is 0.0800. The van der Waals surface area contributed by atoms with E-state index in [4.69, 9.17) is 37.0 Å². The van der Waals surface area contributed by atoms with E-state index in [1.807, 2.05) is 0 Å². The molecule has 0 aromatic rings. The highest BCUT2D eigenvalue weighted by atomic mass is 31.2. The highest BCUT2D eigenvalue weighted by Crippen LogP contribution is 2.45. The van der Waals surface area contributed by atoms with E-state index in [0.717, 1.165) is 141 Å². The lowest BCUT2D eigenvalue weighted by atomic mass is 10.0. The van der Waals surface area contributed by atoms with Gasteiger partial charge in [0.05, 0.1) is 26.4 Å². The fourth-order valence-electron chi connectivity index (χ4n) is 10.1. The summed E-state index contributed by atoms with van der Waals surface area (Å²) in [6.07, 6.45) is 61.1. The van der Waals surface area contributed by atoms with Crippen LogP contribution in [-0.4, -0.2) is 96.7 Å². The number of rotatable bonds is 70. The van der Waals surface area contributed by atoms with Gasteiger partial charge >= 0.3 is 39.5 Å². The van der Waals surface area contributed by atoms with E-state index in [1.165, 1.54) is 116 Å². The zero-order valence-electron chi connectivity index (χ0n) is 58.5. The van der Waals surface area contributed by atoms with Crippen LogP contribution in [0.25, 0.3) is 0 Å². The first kappa shape index (κ1) is 89.0. The van der Waals surface area contributed by atoms with Gasteiger partial charge in [-0.3, -0.25) is 37.3 Å². The molecule has 0 aliphatic rings. The van der Waals surface area contributed by atoms with Crippen molar-refractivity contribution in [3.8, 4) is 0 Å². The van der Waals surface area contributed by atoms with Crippen LogP contribution >= 0.6 is 15.6 Å². The summed E-state index contributed by atoms with van der Waals surface area (Å²) in [6, 6.07) is 0. The van der Waals surface area contributed by atoms with Crippen LogP contribution in [0.2, 0.25) is 0 Å². The number of unbranched alkanes of at least 4 members (excludes halogenated alkanes) is 36. The summed E-state index contributed by atoms with van der Waals surface area (Å²) in [6.45, 7) is 4.79. The highest BCUT2D eigenvalue weighted by molar-refractivity contribution is 7.47. The summed E-state index contributed by atoms with van der Waals surface area (Å²) in [5.41, 5.74) is 0. The summed E-state index contributed by atoms with van der Waals surface area (Å²) in [5.74, 6) is -2.17. The number of carbonyl (C=O) groups excluding carboxylic acids is 4. The maximum absolute atomic E-state index is 13.0. The van der Waals surface area contributed by atoms with Gasteiger partial charge in [0.1, 0.15) is 19.3 Å². The molecule has 0 spiro atoms. The molecule has 0 aliphatic carbocycles. The summed E-state index contributed by atoms with van der Waals surface area (Å²) in [4.78, 5) is 72.6. The van der Waals surface area contributed by atoms with Gasteiger partial charge in [-0.25, -0.2) is 9.13 Å². The van der Waals surface area contributed by atoms with Gasteiger partial charge in [-0.2, -0.15) is 0 Å². The Hall–Kier alpha value is -2.98. The molecule has 17 nitrogen and oxygen atoms in total. The number of phosphoric acid groups is 2. The number of hydrogen-bond acceptors (Lipinski definition) is 15. The molecule has 3 N–H and O–H groups in total. The quantitative estimate of drug-likeness (QED) is 0.0169. The lowest BCUT2D eigenvalue weighted by Gasteiger charge is -2.21. The SMILES string of the molecule is CCC/C=C\C/C=C\CCCCCCCC(=O)OC(COC(=O)CCCCCCC/C=C\C/C=C\CCCCC)COP(=O)(O)OCC(O)COP(=O)(O)OCC(COC(=O)CCCCCCCCCCCCCCC)OC(=O)CCCCCCCCCCCCC. The Morgan fingerprint density at radius 1 is 0.304 bits per heavy atom. The summed E-state index contributed by atoms with van der Waals surface area (Å²) < 4.78 is 68.3. The fraction of sp³-hybridized carbons (Fsp3) is 0.836. The standard InChI is InChI=1S/C73H134O17P2/c1-5-9-13-17-21-25-29-32-33-36-39-42-46-50-54-58-71(76)84-64-69(90-73(78)60-56-52-48-44-40-35-31-27-23-19-15-11-7-3)66-88-92(81,82)86-62-67(74)61-85-91(79,80)87-65-68(89-72(77)59-55-51-47-43-37-28-24-20-16-12-8-4)63-83-70(75)57-53-49-45-41-38-34-30-26-22-18-14-10-6-2/h15,19,21,25,27,31-33,67-69,74H,5-14,16-18,20,22-24,26,28-30,34-66H2,1-4H3,(H,79,80)(H,81,82)/b19-15-,25-21-,31-27-,33-32-. The average Bonchev–Trinajstić information content (AvgIpc) is 1.82. The number of aliphatic hydroxyl groups excluding tert-OH is 1. The fourth-order valence-corrected chi connectivity index (χ4v) is 11.7. The summed E-state index contributed by atoms with van der Waals surface area (Å²) >= 11 is 0. The lowest BCUT2D eigenvalue weighted by molar-refractivity contribution is -0.161. The van der Waals surface area contributed by atoms with Gasteiger partial charge in [0.15, 0.2) is 12.2 Å². The monoisotopic (exact) mass is 1340 g/mol. The second kappa shape index (κ2) is 66.6. The first-order valence-corrected chi connectivity index (χ1v) is 39.9. The first-order chi connectivity index (χ1) is 44.7. The number of allylic oxidation sites excluding steroid dienone is 8. The molecule has 0 aliphatic heterocycles. The van der Waals surface area contributed by atoms with Crippen LogP contribution in [0.1, 0.15) is 336 Å². The number of hydrogen-bond donors (Lipinski definition) is 3. The zero-order chi connectivity index (χ0) is 67.5. The first-order valence-electron chi connectivity index (χ1n) is 36.9. The van der Waals surface area contributed by atoms with Crippen LogP contribution in [0, 0.1) is 0 Å². The van der Waals surface area contributed by atoms with Crippen LogP contribution in [0.3, 0.4) is 0 Å². The number of aliphatic hydroxyl groups is 1. The molecule has 0 rings (SSSR count). The Bertz CT molecular complexity index is 1940. The maximum Gasteiger partial charge on any atom is 0.472 e. The Morgan fingerprint density at radius 2 is 0.554 bits per heavy atom. The third-order valence-electron chi connectivity index (χ3n) is 15.8. The van der Waals surface area contributed by atoms with Crippen LogP contribution in [0.15, 0.2) is 48.6 Å². The van der Waals surface area contributed by atoms with E-state index >= 15 is 0 Å². The molecular weight excluding hydrogens is 1210 g/mol. The van der Waals surface area contributed by atoms with Gasteiger partial charge in [-0.15, -0.1) is 0 Å². The Balaban J connectivity index is 5.30. The molecular formula is C73H134O17P2. The smallest absolute Gasteiger partial charge is 0.462 e. The van der Waals surface area contributed by atoms with Crippen LogP contribution in [-0.2, 0) is 65.4 Å². The zero-order valence-corrected chi connectivity index (χ0v) is 60.3. The van der Waals surface area contributed by atoms with E-state index in [1.54, 1.807) is 0 Å². The second-order valence-corrected chi connectivity index (χ2v) is 27.8. The molecule has 0 radical (unpaired) electrons. The number of carbonyl (C=O) groups is 4. The normalized spacial score (nSPS) is 14.3. The average molecular weight is 1350 g/mol. The Kier molecular flexibility index (Phi) is 64.5. The topological polar surface area (TPSA) is 237 Å². The lowest BCUT2D eigenvalue weighted by Crippen LogP contribution is -2.30. The molecule has 0 aromatic carbocycles. The third kappa shape index (κ3) is 65.7. The van der Waals surface area contributed by atoms with Gasteiger partial charge in [0.25, 0.3) is 0 Å². The van der Waals surface area contributed by atoms with Gasteiger partial charge in [0, 0.05) is 25.7 Å². The van der Waals surface area contributed by atoms with Crippen molar-refractivity contribution in [2.45, 2.75) is 354 Å². The second-order valence-electron chi connectivity index (χ2n) is 24.9. The molecule has 5 unspecified atom stereocenters. The minimum atomic E-state index is -4.97. The van der Waals surface area contributed by atoms with E-state index in [0.29, 0.717) is 25.7 Å². The Morgan fingerprint density at radius 3 is 0.870 bits per heavy atom. The van der Waals surface area contributed by atoms with Crippen molar-refractivity contribution in [1.29, 1.82) is 0 Å². The van der Waals surface area contributed by atoms with Crippen molar-refractivity contribution in [2.24, 2.45) is 0 Å². The molecule has 0 bridgehead atoms. The minimum Gasteiger partial charge on any atom is -0.462 e. The molecule has 19 heteroatoms. The largest absolute Gasteiger partial charge is 0.472 e. The number of ether oxygens (including phenoxy) is 4. The predicted molar refractivity (Wildman–Crippen MR) is 372 cm³/mol. The molecule has 0 aromatic heterocycles. The molecule has 0 amide bonds. The summed E-state index contributed by atoms with van der Waals surface area (Å²) in [7, 11) is -9.92. The molecule has 538 valence electrons. The van der Waals surface area contributed by atoms with Gasteiger partial charge < -0.3 is 33.8 Å². The van der Waals surface area contributed by atoms with E-state index < -0.39 is 97.5 Å². The van der Waals surface area contributed by atoms with Crippen molar-refractivity contribution >= 4 is 39.5 Å². The van der Waals surface area contributed by atoms with E-state index in [-0.39, 0.29) is 25.7 Å². The van der Waals surface area contributed by atoms with Gasteiger partial charge in [0.2, 0.25) is 0 Å². The van der Waals surface area contributed by atoms with Crippen molar-refractivity contribution in [3.05, 3.63) is 48.6 Å². The summed E-state index contributed by atoms with van der Waals surface area (Å²) in [5, 5.41) is 10.6. The molecule has 92 heavy (non-hydrogen) atoms. The van der Waals surface area contributed by atoms with Crippen LogP contribution in [0.4, 0.5) is 0 Å². The van der Waals surface area contributed by atoms with Crippen molar-refractivity contribution in [2.75, 3.05) is 39.6 Å². The highest BCUT2D eigenvalue weighted by Gasteiger charge is 2.30. The van der Waals surface area contributed by atoms with Crippen molar-refractivity contribution < 1.29 is 80.2 Å². The van der Waals surface area contributed by atoms with Crippen LogP contribution < -0.4 is 0 Å². The molecule has 0 saturated carbocycles. The van der Waals surface area contributed by atoms with Crippen molar-refractivity contribution in [3.63, 3.8) is 0 Å².